The fourth-order valence-electron chi connectivity index (χ4n) is 3.28. The van der Waals surface area contributed by atoms with E-state index in [0.29, 0.717) is 37.8 Å². The Balaban J connectivity index is 1.52. The molecule has 25 heavy (non-hydrogen) atoms. The van der Waals surface area contributed by atoms with Crippen LogP contribution in [-0.4, -0.2) is 51.7 Å². The summed E-state index contributed by atoms with van der Waals surface area (Å²) in [4.78, 5) is 19.0. The largest absolute Gasteiger partial charge is 0.379 e. The normalized spacial score (nSPS) is 18.4. The molecule has 0 saturated carbocycles. The van der Waals surface area contributed by atoms with Gasteiger partial charge in [0, 0.05) is 43.7 Å². The molecule has 1 aliphatic heterocycles. The van der Waals surface area contributed by atoms with Gasteiger partial charge in [-0.2, -0.15) is 0 Å². The van der Waals surface area contributed by atoms with Crippen molar-refractivity contribution < 1.29 is 14.1 Å². The predicted octanol–water partition coefficient (Wildman–Crippen LogP) is 1.96. The van der Waals surface area contributed by atoms with Crippen LogP contribution in [0.3, 0.4) is 0 Å². The molecule has 1 amide bonds. The molecule has 7 heteroatoms. The molecule has 3 aromatic heterocycles. The van der Waals surface area contributed by atoms with Crippen LogP contribution in [0.25, 0.3) is 5.52 Å². The second kappa shape index (κ2) is 6.68. The number of hydrogen-bond acceptors (Lipinski definition) is 5. The van der Waals surface area contributed by atoms with E-state index in [9.17, 15) is 4.79 Å². The third-order valence-electron chi connectivity index (χ3n) is 4.49. The second-order valence-electron chi connectivity index (χ2n) is 6.39. The van der Waals surface area contributed by atoms with Gasteiger partial charge in [-0.25, -0.2) is 0 Å². The molecule has 0 bridgehead atoms. The topological polar surface area (TPSA) is 72.9 Å². The standard InChI is InChI=1S/C18H20N4O3/c1-13-9-16(20-25-13)18(23)22-7-8-24-12-14(11-22)10-15-17-3-2-5-21(17)6-4-19-15/h2-6,9,14H,7-8,10-12H2,1H3. The summed E-state index contributed by atoms with van der Waals surface area (Å²) in [7, 11) is 0. The molecule has 1 fully saturated rings. The van der Waals surface area contributed by atoms with Gasteiger partial charge in [0.2, 0.25) is 0 Å². The molecule has 3 aromatic rings. The highest BCUT2D eigenvalue weighted by atomic mass is 16.5. The number of ether oxygens (including phenoxy) is 1. The molecule has 1 atom stereocenters. The lowest BCUT2D eigenvalue weighted by Crippen LogP contribution is -2.36. The predicted molar refractivity (Wildman–Crippen MR) is 90.3 cm³/mol. The van der Waals surface area contributed by atoms with Crippen LogP contribution >= 0.6 is 0 Å². The molecule has 0 aromatic carbocycles. The van der Waals surface area contributed by atoms with E-state index in [-0.39, 0.29) is 11.8 Å². The number of aromatic nitrogens is 3. The number of aryl methyl sites for hydroxylation is 1. The van der Waals surface area contributed by atoms with Crippen molar-refractivity contribution in [3.05, 3.63) is 53.9 Å². The van der Waals surface area contributed by atoms with E-state index in [1.54, 1.807) is 24.1 Å². The Morgan fingerprint density at radius 3 is 3.16 bits per heavy atom. The van der Waals surface area contributed by atoms with Crippen molar-refractivity contribution in [3.63, 3.8) is 0 Å². The first-order valence-corrected chi connectivity index (χ1v) is 8.41. The van der Waals surface area contributed by atoms with Crippen LogP contribution in [0.15, 0.2) is 41.3 Å². The third kappa shape index (κ3) is 3.28. The van der Waals surface area contributed by atoms with Gasteiger partial charge >= 0.3 is 0 Å². The summed E-state index contributed by atoms with van der Waals surface area (Å²) in [5.74, 6) is 0.712. The van der Waals surface area contributed by atoms with E-state index in [1.807, 2.05) is 18.5 Å². The summed E-state index contributed by atoms with van der Waals surface area (Å²) in [6.07, 6.45) is 6.51. The Bertz CT molecular complexity index is 885. The van der Waals surface area contributed by atoms with Crippen LogP contribution in [0.2, 0.25) is 0 Å². The summed E-state index contributed by atoms with van der Waals surface area (Å²) in [6.45, 7) is 4.10. The number of rotatable bonds is 3. The monoisotopic (exact) mass is 340 g/mol. The minimum atomic E-state index is -0.110. The smallest absolute Gasteiger partial charge is 0.276 e. The highest BCUT2D eigenvalue weighted by Crippen LogP contribution is 2.18. The van der Waals surface area contributed by atoms with E-state index in [2.05, 4.69) is 20.6 Å². The Labute approximate surface area is 145 Å². The molecule has 1 aliphatic rings. The van der Waals surface area contributed by atoms with Crippen molar-refractivity contribution in [2.45, 2.75) is 13.3 Å². The van der Waals surface area contributed by atoms with Crippen LogP contribution < -0.4 is 0 Å². The molecule has 1 saturated heterocycles. The molecule has 0 aliphatic carbocycles. The van der Waals surface area contributed by atoms with Crippen LogP contribution in [0.4, 0.5) is 0 Å². The molecule has 4 rings (SSSR count). The van der Waals surface area contributed by atoms with Gasteiger partial charge in [-0.15, -0.1) is 0 Å². The van der Waals surface area contributed by atoms with Gasteiger partial charge < -0.3 is 18.6 Å². The van der Waals surface area contributed by atoms with Crippen LogP contribution in [0.1, 0.15) is 21.9 Å². The maximum absolute atomic E-state index is 12.7. The Morgan fingerprint density at radius 2 is 2.32 bits per heavy atom. The molecule has 1 unspecified atom stereocenters. The summed E-state index contributed by atoms with van der Waals surface area (Å²) in [5, 5.41) is 3.84. The van der Waals surface area contributed by atoms with Crippen LogP contribution in [-0.2, 0) is 11.2 Å². The van der Waals surface area contributed by atoms with E-state index in [1.165, 1.54) is 0 Å². The van der Waals surface area contributed by atoms with Crippen LogP contribution in [0, 0.1) is 12.8 Å². The zero-order chi connectivity index (χ0) is 17.2. The van der Waals surface area contributed by atoms with E-state index < -0.39 is 0 Å². The first-order valence-electron chi connectivity index (χ1n) is 8.41. The second-order valence-corrected chi connectivity index (χ2v) is 6.39. The van der Waals surface area contributed by atoms with E-state index in [4.69, 9.17) is 9.26 Å². The summed E-state index contributed by atoms with van der Waals surface area (Å²) in [6, 6.07) is 5.74. The van der Waals surface area contributed by atoms with Crippen molar-refractivity contribution in [2.24, 2.45) is 5.92 Å². The van der Waals surface area contributed by atoms with Crippen molar-refractivity contribution in [1.29, 1.82) is 0 Å². The lowest BCUT2D eigenvalue weighted by Gasteiger charge is -2.22. The summed E-state index contributed by atoms with van der Waals surface area (Å²) in [5.41, 5.74) is 2.47. The maximum Gasteiger partial charge on any atom is 0.276 e. The molecule has 0 spiro atoms. The first kappa shape index (κ1) is 15.8. The Hall–Kier alpha value is -2.67. The molecule has 130 valence electrons. The minimum Gasteiger partial charge on any atom is -0.379 e. The van der Waals surface area contributed by atoms with Gasteiger partial charge in [-0.1, -0.05) is 5.16 Å². The van der Waals surface area contributed by atoms with E-state index in [0.717, 1.165) is 17.6 Å². The summed E-state index contributed by atoms with van der Waals surface area (Å²) < 4.78 is 12.8. The number of fused-ring (bicyclic) bond motifs is 1. The highest BCUT2D eigenvalue weighted by molar-refractivity contribution is 5.92. The van der Waals surface area contributed by atoms with Crippen molar-refractivity contribution >= 4 is 11.4 Å². The lowest BCUT2D eigenvalue weighted by molar-refractivity contribution is 0.0727. The molecule has 4 heterocycles. The number of nitrogens with zero attached hydrogens (tertiary/aromatic N) is 4. The minimum absolute atomic E-state index is 0.110. The fourth-order valence-corrected chi connectivity index (χ4v) is 3.28. The van der Waals surface area contributed by atoms with Crippen molar-refractivity contribution in [1.82, 2.24) is 19.4 Å². The van der Waals surface area contributed by atoms with Crippen LogP contribution in [0.5, 0.6) is 0 Å². The Kier molecular flexibility index (Phi) is 4.23. The van der Waals surface area contributed by atoms with Gasteiger partial charge in [0.25, 0.3) is 5.91 Å². The molecule has 0 radical (unpaired) electrons. The Morgan fingerprint density at radius 1 is 1.40 bits per heavy atom. The average molecular weight is 340 g/mol. The zero-order valence-corrected chi connectivity index (χ0v) is 14.1. The van der Waals surface area contributed by atoms with Gasteiger partial charge in [-0.05, 0) is 25.5 Å². The molecular weight excluding hydrogens is 320 g/mol. The number of amides is 1. The number of carbonyl (C=O) groups is 1. The van der Waals surface area contributed by atoms with Gasteiger partial charge in [-0.3, -0.25) is 9.78 Å². The zero-order valence-electron chi connectivity index (χ0n) is 14.1. The summed E-state index contributed by atoms with van der Waals surface area (Å²) >= 11 is 0. The van der Waals surface area contributed by atoms with E-state index >= 15 is 0 Å². The lowest BCUT2D eigenvalue weighted by atomic mass is 10.0. The van der Waals surface area contributed by atoms with Crippen molar-refractivity contribution in [2.75, 3.05) is 26.3 Å². The highest BCUT2D eigenvalue weighted by Gasteiger charge is 2.26. The number of carbonyl (C=O) groups excluding carboxylic acids is 1. The third-order valence-corrected chi connectivity index (χ3v) is 4.49. The number of hydrogen-bond donors (Lipinski definition) is 0. The molecule has 7 nitrogen and oxygen atoms in total. The molecule has 0 N–H and O–H groups in total. The SMILES string of the molecule is Cc1cc(C(=O)N2CCOCC(Cc3nccn4cccc34)C2)no1. The maximum atomic E-state index is 12.7. The van der Waals surface area contributed by atoms with Gasteiger partial charge in [0.05, 0.1) is 24.4 Å². The first-order chi connectivity index (χ1) is 12.2. The van der Waals surface area contributed by atoms with Gasteiger partial charge in [0.1, 0.15) is 5.76 Å². The van der Waals surface area contributed by atoms with Crippen molar-refractivity contribution in [3.8, 4) is 0 Å². The molecular formula is C18H20N4O3. The van der Waals surface area contributed by atoms with Gasteiger partial charge in [0.15, 0.2) is 5.69 Å². The quantitative estimate of drug-likeness (QED) is 0.729. The average Bonchev–Trinajstić information content (AvgIpc) is 3.20. The fraction of sp³-hybridized carbons (Fsp3) is 0.389.